The van der Waals surface area contributed by atoms with Crippen molar-refractivity contribution in [2.45, 2.75) is 25.8 Å². The van der Waals surface area contributed by atoms with Crippen molar-refractivity contribution >= 4 is 28.9 Å². The third-order valence-corrected chi connectivity index (χ3v) is 4.99. The van der Waals surface area contributed by atoms with E-state index in [9.17, 15) is 14.9 Å². The Morgan fingerprint density at radius 2 is 1.92 bits per heavy atom. The van der Waals surface area contributed by atoms with Gasteiger partial charge in [0.25, 0.3) is 11.6 Å². The molecule has 6 nitrogen and oxygen atoms in total. The Morgan fingerprint density at radius 1 is 1.27 bits per heavy atom. The van der Waals surface area contributed by atoms with Crippen molar-refractivity contribution in [3.05, 3.63) is 63.2 Å². The number of nitro benzene ring substituents is 1. The van der Waals surface area contributed by atoms with Crippen LogP contribution < -0.4 is 9.64 Å². The van der Waals surface area contributed by atoms with Gasteiger partial charge in [-0.25, -0.2) is 0 Å². The Balaban J connectivity index is 1.98. The second kappa shape index (κ2) is 7.33. The fourth-order valence-electron chi connectivity index (χ4n) is 2.99. The molecule has 0 aromatic heterocycles. The van der Waals surface area contributed by atoms with E-state index in [2.05, 4.69) is 0 Å². The lowest BCUT2D eigenvalue weighted by molar-refractivity contribution is -0.384. The SMILES string of the molecule is COc1ccc(N(C(=O)c2ccc([N+](=O)[O-])cc2Cl)C(C)C2CC2)cc1. The molecule has 0 radical (unpaired) electrons. The number of rotatable bonds is 6. The van der Waals surface area contributed by atoms with E-state index >= 15 is 0 Å². The van der Waals surface area contributed by atoms with E-state index in [1.165, 1.54) is 18.2 Å². The number of carbonyl (C=O) groups is 1. The van der Waals surface area contributed by atoms with Gasteiger partial charge in [0.1, 0.15) is 5.75 Å². The van der Waals surface area contributed by atoms with Crippen LogP contribution in [0.3, 0.4) is 0 Å². The molecule has 0 saturated heterocycles. The highest BCUT2D eigenvalue weighted by atomic mass is 35.5. The van der Waals surface area contributed by atoms with E-state index in [1.807, 2.05) is 19.1 Å². The van der Waals surface area contributed by atoms with Crippen LogP contribution in [0.2, 0.25) is 5.02 Å². The Morgan fingerprint density at radius 3 is 2.42 bits per heavy atom. The van der Waals surface area contributed by atoms with E-state index in [-0.39, 0.29) is 28.2 Å². The lowest BCUT2D eigenvalue weighted by atomic mass is 10.1. The smallest absolute Gasteiger partial charge is 0.270 e. The van der Waals surface area contributed by atoms with E-state index < -0.39 is 4.92 Å². The van der Waals surface area contributed by atoms with Gasteiger partial charge in [0, 0.05) is 23.9 Å². The first-order valence-electron chi connectivity index (χ1n) is 8.34. The summed E-state index contributed by atoms with van der Waals surface area (Å²) in [6.45, 7) is 2.01. The monoisotopic (exact) mass is 374 g/mol. The number of benzene rings is 2. The standard InChI is InChI=1S/C19H19ClN2O4/c1-12(13-3-4-13)21(14-5-8-16(26-2)9-6-14)19(23)17-10-7-15(22(24)25)11-18(17)20/h5-13H,3-4H2,1-2H3. The third-order valence-electron chi connectivity index (χ3n) is 4.67. The number of hydrogen-bond donors (Lipinski definition) is 0. The van der Waals surface area contributed by atoms with E-state index in [1.54, 1.807) is 24.1 Å². The molecule has 1 atom stereocenters. The fourth-order valence-corrected chi connectivity index (χ4v) is 3.25. The van der Waals surface area contributed by atoms with Crippen molar-refractivity contribution in [2.75, 3.05) is 12.0 Å². The van der Waals surface area contributed by atoms with Gasteiger partial charge in [0.05, 0.1) is 22.6 Å². The van der Waals surface area contributed by atoms with Gasteiger partial charge in [-0.05, 0) is 56.0 Å². The minimum atomic E-state index is -0.534. The first kappa shape index (κ1) is 18.2. The number of ether oxygens (including phenoxy) is 1. The second-order valence-electron chi connectivity index (χ2n) is 6.37. The number of methoxy groups -OCH3 is 1. The van der Waals surface area contributed by atoms with Crippen molar-refractivity contribution in [3.8, 4) is 5.75 Å². The number of nitrogens with zero attached hydrogens (tertiary/aromatic N) is 2. The van der Waals surface area contributed by atoms with Crippen LogP contribution >= 0.6 is 11.6 Å². The second-order valence-corrected chi connectivity index (χ2v) is 6.78. The number of hydrogen-bond acceptors (Lipinski definition) is 4. The number of halogens is 1. The van der Waals surface area contributed by atoms with Crippen LogP contribution in [0.4, 0.5) is 11.4 Å². The van der Waals surface area contributed by atoms with Crippen LogP contribution in [0.5, 0.6) is 5.75 Å². The molecule has 0 bridgehead atoms. The van der Waals surface area contributed by atoms with Crippen molar-refractivity contribution < 1.29 is 14.5 Å². The maximum atomic E-state index is 13.2. The zero-order chi connectivity index (χ0) is 18.8. The van der Waals surface area contributed by atoms with Gasteiger partial charge in [0.15, 0.2) is 0 Å². The van der Waals surface area contributed by atoms with Gasteiger partial charge >= 0.3 is 0 Å². The minimum Gasteiger partial charge on any atom is -0.497 e. The molecule has 1 aliphatic rings. The summed E-state index contributed by atoms with van der Waals surface area (Å²) in [6.07, 6.45) is 2.16. The van der Waals surface area contributed by atoms with Crippen LogP contribution in [0.15, 0.2) is 42.5 Å². The average Bonchev–Trinajstić information content (AvgIpc) is 3.47. The van der Waals surface area contributed by atoms with Crippen LogP contribution in [0, 0.1) is 16.0 Å². The highest BCUT2D eigenvalue weighted by molar-refractivity contribution is 6.34. The van der Waals surface area contributed by atoms with Crippen molar-refractivity contribution in [1.29, 1.82) is 0 Å². The van der Waals surface area contributed by atoms with Crippen LogP contribution in [-0.4, -0.2) is 24.0 Å². The quantitative estimate of drug-likeness (QED) is 0.542. The predicted molar refractivity (Wildman–Crippen MR) is 100 cm³/mol. The van der Waals surface area contributed by atoms with Gasteiger partial charge in [0.2, 0.25) is 0 Å². The Kier molecular flexibility index (Phi) is 5.13. The molecule has 2 aromatic carbocycles. The number of carbonyl (C=O) groups excluding carboxylic acids is 1. The average molecular weight is 375 g/mol. The Labute approximate surface area is 156 Å². The van der Waals surface area contributed by atoms with Crippen molar-refractivity contribution in [3.63, 3.8) is 0 Å². The summed E-state index contributed by atoms with van der Waals surface area (Å²) in [6, 6.07) is 11.2. The number of nitro groups is 1. The molecular formula is C19H19ClN2O4. The molecule has 7 heteroatoms. The Bertz CT molecular complexity index is 834. The lowest BCUT2D eigenvalue weighted by Crippen LogP contribution is -2.40. The van der Waals surface area contributed by atoms with Crippen LogP contribution in [-0.2, 0) is 0 Å². The summed E-state index contributed by atoms with van der Waals surface area (Å²) >= 11 is 6.18. The van der Waals surface area contributed by atoms with Gasteiger partial charge in [-0.3, -0.25) is 14.9 Å². The third kappa shape index (κ3) is 3.65. The molecular weight excluding hydrogens is 356 g/mol. The lowest BCUT2D eigenvalue weighted by Gasteiger charge is -2.30. The molecule has 3 rings (SSSR count). The van der Waals surface area contributed by atoms with E-state index in [0.717, 1.165) is 18.5 Å². The molecule has 0 heterocycles. The molecule has 0 N–H and O–H groups in total. The van der Waals surface area contributed by atoms with Crippen molar-refractivity contribution in [2.24, 2.45) is 5.92 Å². The molecule has 2 aromatic rings. The Hall–Kier alpha value is -2.60. The highest BCUT2D eigenvalue weighted by Crippen LogP contribution is 2.38. The zero-order valence-corrected chi connectivity index (χ0v) is 15.3. The summed E-state index contributed by atoms with van der Waals surface area (Å²) in [5, 5.41) is 11.0. The van der Waals surface area contributed by atoms with Gasteiger partial charge in [-0.2, -0.15) is 0 Å². The largest absolute Gasteiger partial charge is 0.497 e. The summed E-state index contributed by atoms with van der Waals surface area (Å²) in [7, 11) is 1.58. The summed E-state index contributed by atoms with van der Waals surface area (Å²) in [5.41, 5.74) is 0.850. The molecule has 1 fully saturated rings. The molecule has 1 amide bonds. The summed E-state index contributed by atoms with van der Waals surface area (Å²) in [5.74, 6) is 0.876. The molecule has 0 spiro atoms. The normalized spacial score (nSPS) is 14.6. The maximum absolute atomic E-state index is 13.2. The molecule has 1 unspecified atom stereocenters. The van der Waals surface area contributed by atoms with Crippen molar-refractivity contribution in [1.82, 2.24) is 0 Å². The molecule has 0 aliphatic heterocycles. The molecule has 136 valence electrons. The highest BCUT2D eigenvalue weighted by Gasteiger charge is 2.36. The van der Waals surface area contributed by atoms with Gasteiger partial charge < -0.3 is 9.64 Å². The van der Waals surface area contributed by atoms with Crippen LogP contribution in [0.1, 0.15) is 30.1 Å². The maximum Gasteiger partial charge on any atom is 0.270 e. The minimum absolute atomic E-state index is 0.00199. The number of amides is 1. The fraction of sp³-hybridized carbons (Fsp3) is 0.316. The first-order chi connectivity index (χ1) is 12.4. The van der Waals surface area contributed by atoms with E-state index in [4.69, 9.17) is 16.3 Å². The topological polar surface area (TPSA) is 72.7 Å². The molecule has 1 aliphatic carbocycles. The van der Waals surface area contributed by atoms with Gasteiger partial charge in [-0.1, -0.05) is 11.6 Å². The zero-order valence-electron chi connectivity index (χ0n) is 14.5. The number of non-ortho nitro benzene ring substituents is 1. The van der Waals surface area contributed by atoms with Crippen LogP contribution in [0.25, 0.3) is 0 Å². The van der Waals surface area contributed by atoms with E-state index in [0.29, 0.717) is 11.7 Å². The first-order valence-corrected chi connectivity index (χ1v) is 8.71. The predicted octanol–water partition coefficient (Wildman–Crippen LogP) is 4.70. The summed E-state index contributed by atoms with van der Waals surface area (Å²) in [4.78, 5) is 25.3. The number of anilines is 1. The molecule has 26 heavy (non-hydrogen) atoms. The van der Waals surface area contributed by atoms with Gasteiger partial charge in [-0.15, -0.1) is 0 Å². The summed E-state index contributed by atoms with van der Waals surface area (Å²) < 4.78 is 5.18. The molecule has 1 saturated carbocycles.